The molecule has 4 nitrogen and oxygen atoms in total. The van der Waals surface area contributed by atoms with Gasteiger partial charge in [0.05, 0.1) is 5.02 Å². The maximum atomic E-state index is 13.0. The summed E-state index contributed by atoms with van der Waals surface area (Å²) in [6, 6.07) is 11.0. The maximum absolute atomic E-state index is 13.0. The summed E-state index contributed by atoms with van der Waals surface area (Å²) >= 11 is 5.81. The lowest BCUT2D eigenvalue weighted by molar-refractivity contribution is 0.581. The van der Waals surface area contributed by atoms with Gasteiger partial charge < -0.3 is 4.98 Å². The Kier molecular flexibility index (Phi) is 4.39. The number of rotatable bonds is 5. The summed E-state index contributed by atoms with van der Waals surface area (Å²) in [6.07, 6.45) is 2.39. The van der Waals surface area contributed by atoms with E-state index in [1.54, 1.807) is 0 Å². The molecule has 0 aliphatic heterocycles. The predicted octanol–water partition coefficient (Wildman–Crippen LogP) is 3.48. The molecule has 1 aromatic heterocycles. The Balaban J connectivity index is 1.72. The molecule has 0 aliphatic carbocycles. The van der Waals surface area contributed by atoms with Crippen LogP contribution in [0.1, 0.15) is 5.56 Å². The highest BCUT2D eigenvalue weighted by molar-refractivity contribution is 7.89. The summed E-state index contributed by atoms with van der Waals surface area (Å²) in [5.41, 5.74) is 2.03. The van der Waals surface area contributed by atoms with Gasteiger partial charge in [0.2, 0.25) is 10.0 Å². The van der Waals surface area contributed by atoms with Crippen LogP contribution >= 0.6 is 11.6 Å². The van der Waals surface area contributed by atoms with Gasteiger partial charge in [0.1, 0.15) is 10.7 Å². The number of hydrogen-bond acceptors (Lipinski definition) is 2. The zero-order valence-electron chi connectivity index (χ0n) is 12.0. The Morgan fingerprint density at radius 1 is 1.17 bits per heavy atom. The third-order valence-corrected chi connectivity index (χ3v) is 5.49. The monoisotopic (exact) mass is 352 g/mol. The van der Waals surface area contributed by atoms with Crippen molar-refractivity contribution < 1.29 is 12.8 Å². The van der Waals surface area contributed by atoms with Crippen LogP contribution in [-0.4, -0.2) is 19.9 Å². The minimum absolute atomic E-state index is 0.125. The Labute approximate surface area is 138 Å². The van der Waals surface area contributed by atoms with Crippen LogP contribution in [0.4, 0.5) is 4.39 Å². The molecular formula is C16H14ClFN2O2S. The Hall–Kier alpha value is -1.89. The normalized spacial score (nSPS) is 11.9. The molecule has 2 N–H and O–H groups in total. The fourth-order valence-corrected chi connectivity index (χ4v) is 3.99. The van der Waals surface area contributed by atoms with Gasteiger partial charge in [0, 0.05) is 23.6 Å². The van der Waals surface area contributed by atoms with E-state index in [4.69, 9.17) is 11.6 Å². The molecule has 0 radical (unpaired) electrons. The van der Waals surface area contributed by atoms with Gasteiger partial charge in [0.15, 0.2) is 0 Å². The number of aromatic nitrogens is 1. The molecule has 2 aromatic carbocycles. The van der Waals surface area contributed by atoms with E-state index >= 15 is 0 Å². The van der Waals surface area contributed by atoms with Crippen molar-refractivity contribution in [1.29, 1.82) is 0 Å². The van der Waals surface area contributed by atoms with Crippen LogP contribution in [0, 0.1) is 5.82 Å². The molecule has 0 saturated heterocycles. The number of fused-ring (bicyclic) bond motifs is 1. The number of nitrogens with one attached hydrogen (secondary N) is 2. The number of H-pyrrole nitrogens is 1. The van der Waals surface area contributed by atoms with Crippen LogP contribution in [0.25, 0.3) is 10.9 Å². The molecule has 0 amide bonds. The summed E-state index contributed by atoms with van der Waals surface area (Å²) in [6.45, 7) is 0.220. The molecule has 0 saturated carbocycles. The van der Waals surface area contributed by atoms with Gasteiger partial charge >= 0.3 is 0 Å². The van der Waals surface area contributed by atoms with E-state index in [9.17, 15) is 12.8 Å². The van der Waals surface area contributed by atoms with Crippen LogP contribution in [0.3, 0.4) is 0 Å². The highest BCUT2D eigenvalue weighted by Crippen LogP contribution is 2.22. The number of sulfonamides is 1. The molecule has 0 unspecified atom stereocenters. The quantitative estimate of drug-likeness (QED) is 0.738. The first-order valence-electron chi connectivity index (χ1n) is 6.97. The van der Waals surface area contributed by atoms with Gasteiger partial charge in [-0.3, -0.25) is 0 Å². The summed E-state index contributed by atoms with van der Waals surface area (Å²) in [5.74, 6) is -0.576. The fraction of sp³-hybridized carbons (Fsp3) is 0.125. The van der Waals surface area contributed by atoms with E-state index < -0.39 is 15.8 Å². The van der Waals surface area contributed by atoms with E-state index in [1.807, 2.05) is 30.5 Å². The van der Waals surface area contributed by atoms with Crippen LogP contribution in [0.5, 0.6) is 0 Å². The second-order valence-electron chi connectivity index (χ2n) is 5.08. The van der Waals surface area contributed by atoms with Crippen LogP contribution in [-0.2, 0) is 16.4 Å². The van der Waals surface area contributed by atoms with Crippen molar-refractivity contribution in [1.82, 2.24) is 9.71 Å². The van der Waals surface area contributed by atoms with Gasteiger partial charge in [-0.2, -0.15) is 0 Å². The molecule has 7 heteroatoms. The number of hydrogen-bond donors (Lipinski definition) is 2. The SMILES string of the molecule is O=S(=O)(NCCc1c[nH]c2ccccc12)c1ccc(F)cc1Cl. The number of para-hydroxylation sites is 1. The highest BCUT2D eigenvalue weighted by atomic mass is 35.5. The first-order valence-corrected chi connectivity index (χ1v) is 8.83. The molecule has 0 bridgehead atoms. The average molecular weight is 353 g/mol. The molecule has 120 valence electrons. The van der Waals surface area contributed by atoms with E-state index in [-0.39, 0.29) is 16.5 Å². The van der Waals surface area contributed by atoms with Gasteiger partial charge in [-0.15, -0.1) is 0 Å². The fourth-order valence-electron chi connectivity index (χ4n) is 2.43. The third-order valence-electron chi connectivity index (χ3n) is 3.54. The number of aromatic amines is 1. The third kappa shape index (κ3) is 3.39. The summed E-state index contributed by atoms with van der Waals surface area (Å²) < 4.78 is 40.0. The van der Waals surface area contributed by atoms with Crippen molar-refractivity contribution >= 4 is 32.5 Å². The number of benzene rings is 2. The maximum Gasteiger partial charge on any atom is 0.242 e. The van der Waals surface area contributed by atoms with Crippen molar-refractivity contribution in [3.8, 4) is 0 Å². The van der Waals surface area contributed by atoms with Crippen molar-refractivity contribution in [2.24, 2.45) is 0 Å². The lowest BCUT2D eigenvalue weighted by atomic mass is 10.1. The molecule has 0 fully saturated rings. The molecule has 1 heterocycles. The second kappa shape index (κ2) is 6.31. The standard InChI is InChI=1S/C16H14ClFN2O2S/c17-14-9-12(18)5-6-16(14)23(21,22)20-8-7-11-10-19-15-4-2-1-3-13(11)15/h1-6,9-10,19-20H,7-8H2. The molecule has 3 rings (SSSR count). The minimum Gasteiger partial charge on any atom is -0.361 e. The van der Waals surface area contributed by atoms with Crippen LogP contribution in [0.15, 0.2) is 53.6 Å². The van der Waals surface area contributed by atoms with Gasteiger partial charge in [0.25, 0.3) is 0 Å². The molecule has 0 atom stereocenters. The Bertz CT molecular complexity index is 954. The molecule has 0 aliphatic rings. The molecule has 23 heavy (non-hydrogen) atoms. The number of halogens is 2. The summed E-state index contributed by atoms with van der Waals surface area (Å²) in [4.78, 5) is 3.02. The van der Waals surface area contributed by atoms with E-state index in [0.717, 1.165) is 34.7 Å². The topological polar surface area (TPSA) is 62.0 Å². The molecule has 3 aromatic rings. The van der Waals surface area contributed by atoms with Gasteiger partial charge in [-0.25, -0.2) is 17.5 Å². The predicted molar refractivity (Wildman–Crippen MR) is 88.6 cm³/mol. The Morgan fingerprint density at radius 2 is 1.96 bits per heavy atom. The van der Waals surface area contributed by atoms with Gasteiger partial charge in [-0.05, 0) is 36.2 Å². The average Bonchev–Trinajstić information content (AvgIpc) is 2.90. The largest absolute Gasteiger partial charge is 0.361 e. The lowest BCUT2D eigenvalue weighted by Gasteiger charge is -2.08. The highest BCUT2D eigenvalue weighted by Gasteiger charge is 2.18. The summed E-state index contributed by atoms with van der Waals surface area (Å²) in [5, 5.41) is 0.927. The summed E-state index contributed by atoms with van der Waals surface area (Å²) in [7, 11) is -3.77. The van der Waals surface area contributed by atoms with E-state index in [0.29, 0.717) is 6.42 Å². The van der Waals surface area contributed by atoms with Crippen molar-refractivity contribution in [3.05, 3.63) is 65.1 Å². The van der Waals surface area contributed by atoms with Crippen LogP contribution < -0.4 is 4.72 Å². The van der Waals surface area contributed by atoms with Crippen molar-refractivity contribution in [2.45, 2.75) is 11.3 Å². The zero-order chi connectivity index (χ0) is 16.4. The first-order chi connectivity index (χ1) is 11.0. The first kappa shape index (κ1) is 16.0. The Morgan fingerprint density at radius 3 is 2.74 bits per heavy atom. The molecule has 0 spiro atoms. The van der Waals surface area contributed by atoms with Crippen LogP contribution in [0.2, 0.25) is 5.02 Å². The van der Waals surface area contributed by atoms with Crippen molar-refractivity contribution in [3.63, 3.8) is 0 Å². The lowest BCUT2D eigenvalue weighted by Crippen LogP contribution is -2.26. The zero-order valence-corrected chi connectivity index (χ0v) is 13.6. The minimum atomic E-state index is -3.77. The van der Waals surface area contributed by atoms with E-state index in [1.165, 1.54) is 0 Å². The van der Waals surface area contributed by atoms with E-state index in [2.05, 4.69) is 9.71 Å². The second-order valence-corrected chi connectivity index (χ2v) is 7.22. The molecular weight excluding hydrogens is 339 g/mol. The smallest absolute Gasteiger partial charge is 0.242 e. The van der Waals surface area contributed by atoms with Crippen molar-refractivity contribution in [2.75, 3.05) is 6.54 Å². The van der Waals surface area contributed by atoms with Gasteiger partial charge in [-0.1, -0.05) is 29.8 Å².